The minimum Gasteiger partial charge on any atom is -0.254 e. The van der Waals surface area contributed by atoms with E-state index in [-0.39, 0.29) is 5.82 Å². The van der Waals surface area contributed by atoms with Gasteiger partial charge in [-0.1, -0.05) is 18.9 Å². The lowest BCUT2D eigenvalue weighted by Gasteiger charge is -2.20. The lowest BCUT2D eigenvalue weighted by Crippen LogP contribution is -2.36. The third-order valence-electron chi connectivity index (χ3n) is 2.85. The summed E-state index contributed by atoms with van der Waals surface area (Å²) in [5.74, 6) is -0.690. The lowest BCUT2D eigenvalue weighted by molar-refractivity contribution is 0.427. The molecule has 1 aromatic heterocycles. The van der Waals surface area contributed by atoms with Gasteiger partial charge in [-0.15, -0.1) is 0 Å². The van der Waals surface area contributed by atoms with Gasteiger partial charge in [-0.2, -0.15) is 17.1 Å². The number of hydrogen-bond acceptors (Lipinski definition) is 3. The Bertz CT molecular complexity index is 499. The van der Waals surface area contributed by atoms with Crippen molar-refractivity contribution in [2.75, 3.05) is 17.8 Å². The average molecular weight is 273 g/mol. The highest BCUT2D eigenvalue weighted by atomic mass is 32.2. The number of halogens is 1. The molecule has 0 radical (unpaired) electrons. The van der Waals surface area contributed by atoms with Gasteiger partial charge in [0.25, 0.3) is 0 Å². The Morgan fingerprint density at radius 3 is 2.44 bits per heavy atom. The van der Waals surface area contributed by atoms with Gasteiger partial charge in [0, 0.05) is 13.1 Å². The number of nitrogens with one attached hydrogen (secondary N) is 1. The van der Waals surface area contributed by atoms with Crippen LogP contribution in [0, 0.1) is 5.95 Å². The minimum absolute atomic E-state index is 0.0132. The van der Waals surface area contributed by atoms with Gasteiger partial charge in [-0.25, -0.2) is 4.98 Å². The van der Waals surface area contributed by atoms with Crippen molar-refractivity contribution in [2.24, 2.45) is 0 Å². The molecule has 1 aliphatic heterocycles. The monoisotopic (exact) mass is 273 g/mol. The van der Waals surface area contributed by atoms with Crippen LogP contribution in [0.3, 0.4) is 0 Å². The van der Waals surface area contributed by atoms with E-state index < -0.39 is 16.2 Å². The first-order valence-electron chi connectivity index (χ1n) is 5.98. The second kappa shape index (κ2) is 5.62. The molecule has 7 heteroatoms. The lowest BCUT2D eigenvalue weighted by atomic mass is 10.2. The summed E-state index contributed by atoms with van der Waals surface area (Å²) >= 11 is 0. The molecule has 1 aliphatic rings. The molecule has 1 saturated heterocycles. The topological polar surface area (TPSA) is 62.3 Å². The summed E-state index contributed by atoms with van der Waals surface area (Å²) in [7, 11) is -3.62. The van der Waals surface area contributed by atoms with Gasteiger partial charge in [-0.3, -0.25) is 4.72 Å². The van der Waals surface area contributed by atoms with Crippen molar-refractivity contribution in [1.29, 1.82) is 0 Å². The fraction of sp³-hybridized carbons (Fsp3) is 0.545. The first-order valence-corrected chi connectivity index (χ1v) is 7.42. The van der Waals surface area contributed by atoms with Crippen molar-refractivity contribution in [3.8, 4) is 0 Å². The van der Waals surface area contributed by atoms with Gasteiger partial charge in [-0.05, 0) is 25.0 Å². The first-order chi connectivity index (χ1) is 8.58. The van der Waals surface area contributed by atoms with E-state index in [0.717, 1.165) is 25.7 Å². The highest BCUT2D eigenvalue weighted by Crippen LogP contribution is 2.15. The summed E-state index contributed by atoms with van der Waals surface area (Å²) in [4.78, 5) is 3.49. The molecular formula is C11H16FN3O2S. The molecule has 0 spiro atoms. The standard InChI is InChI=1S/C11H16FN3O2S/c12-10-6-5-7-11(13-10)14-18(16,17)15-8-3-1-2-4-9-15/h5-7H,1-4,8-9H2,(H,13,14). The highest BCUT2D eigenvalue weighted by Gasteiger charge is 2.23. The molecule has 2 heterocycles. The Kier molecular flexibility index (Phi) is 4.13. The van der Waals surface area contributed by atoms with Gasteiger partial charge in [0.15, 0.2) is 0 Å². The van der Waals surface area contributed by atoms with Crippen LogP contribution in [0.2, 0.25) is 0 Å². The van der Waals surface area contributed by atoms with Crippen LogP contribution in [0.4, 0.5) is 10.2 Å². The van der Waals surface area contributed by atoms with Gasteiger partial charge in [0.1, 0.15) is 5.82 Å². The molecule has 1 aromatic rings. The summed E-state index contributed by atoms with van der Waals surface area (Å²) in [5.41, 5.74) is 0. The molecule has 0 aliphatic carbocycles. The zero-order chi connectivity index (χ0) is 13.0. The summed E-state index contributed by atoms with van der Waals surface area (Å²) in [6.45, 7) is 1.01. The van der Waals surface area contributed by atoms with Gasteiger partial charge < -0.3 is 0 Å². The maximum absolute atomic E-state index is 12.9. The first kappa shape index (κ1) is 13.2. The predicted molar refractivity (Wildman–Crippen MR) is 66.8 cm³/mol. The molecule has 0 saturated carbocycles. The third kappa shape index (κ3) is 3.39. The zero-order valence-corrected chi connectivity index (χ0v) is 10.8. The average Bonchev–Trinajstić information content (AvgIpc) is 2.57. The molecule has 2 rings (SSSR count). The zero-order valence-electron chi connectivity index (χ0n) is 9.97. The van der Waals surface area contributed by atoms with E-state index in [1.54, 1.807) is 0 Å². The van der Waals surface area contributed by atoms with Gasteiger partial charge in [0.05, 0.1) is 0 Å². The Morgan fingerprint density at radius 2 is 1.83 bits per heavy atom. The highest BCUT2D eigenvalue weighted by molar-refractivity contribution is 7.90. The van der Waals surface area contributed by atoms with Gasteiger partial charge >= 0.3 is 10.2 Å². The van der Waals surface area contributed by atoms with Crippen LogP contribution in [0.5, 0.6) is 0 Å². The van der Waals surface area contributed by atoms with Crippen molar-refractivity contribution in [1.82, 2.24) is 9.29 Å². The van der Waals surface area contributed by atoms with Crippen molar-refractivity contribution >= 4 is 16.0 Å². The van der Waals surface area contributed by atoms with E-state index in [9.17, 15) is 12.8 Å². The number of pyridine rings is 1. The summed E-state index contributed by atoms with van der Waals surface area (Å²) < 4.78 is 40.7. The predicted octanol–water partition coefficient (Wildman–Crippen LogP) is 1.75. The molecule has 0 bridgehead atoms. The number of anilines is 1. The van der Waals surface area contributed by atoms with E-state index in [1.807, 2.05) is 0 Å². The number of aromatic nitrogens is 1. The van der Waals surface area contributed by atoms with Crippen LogP contribution in [0.1, 0.15) is 25.7 Å². The van der Waals surface area contributed by atoms with Crippen LogP contribution < -0.4 is 4.72 Å². The Balaban J connectivity index is 2.10. The molecule has 0 amide bonds. The van der Waals surface area contributed by atoms with Crippen LogP contribution in [0.15, 0.2) is 18.2 Å². The van der Waals surface area contributed by atoms with E-state index >= 15 is 0 Å². The second-order valence-corrected chi connectivity index (χ2v) is 5.94. The summed E-state index contributed by atoms with van der Waals surface area (Å²) in [6, 6.07) is 4.02. The molecular weight excluding hydrogens is 257 g/mol. The molecule has 1 fully saturated rings. The maximum atomic E-state index is 12.9. The van der Waals surface area contributed by atoms with Crippen molar-refractivity contribution < 1.29 is 12.8 Å². The molecule has 0 unspecified atom stereocenters. The second-order valence-electron chi connectivity index (χ2n) is 4.27. The molecule has 1 N–H and O–H groups in total. The van der Waals surface area contributed by atoms with E-state index in [2.05, 4.69) is 9.71 Å². The summed E-state index contributed by atoms with van der Waals surface area (Å²) in [5, 5.41) is 0. The van der Waals surface area contributed by atoms with Crippen LogP contribution >= 0.6 is 0 Å². The van der Waals surface area contributed by atoms with Crippen LogP contribution in [0.25, 0.3) is 0 Å². The number of nitrogens with zero attached hydrogens (tertiary/aromatic N) is 2. The largest absolute Gasteiger partial charge is 0.302 e. The quantitative estimate of drug-likeness (QED) is 0.853. The van der Waals surface area contributed by atoms with Gasteiger partial charge in [0.2, 0.25) is 5.95 Å². The van der Waals surface area contributed by atoms with Crippen LogP contribution in [-0.2, 0) is 10.2 Å². The summed E-state index contributed by atoms with van der Waals surface area (Å²) in [6.07, 6.45) is 3.81. The number of rotatable bonds is 3. The minimum atomic E-state index is -3.62. The van der Waals surface area contributed by atoms with Crippen molar-refractivity contribution in [2.45, 2.75) is 25.7 Å². The maximum Gasteiger partial charge on any atom is 0.302 e. The SMILES string of the molecule is O=S(=O)(Nc1cccc(F)n1)N1CCCCCC1. The molecule has 0 atom stereocenters. The van der Waals surface area contributed by atoms with E-state index in [4.69, 9.17) is 0 Å². The third-order valence-corrected chi connectivity index (χ3v) is 4.37. The van der Waals surface area contributed by atoms with E-state index in [1.165, 1.54) is 22.5 Å². The Hall–Kier alpha value is -1.21. The molecule has 5 nitrogen and oxygen atoms in total. The normalized spacial score (nSPS) is 18.3. The molecule has 100 valence electrons. The van der Waals surface area contributed by atoms with Crippen LogP contribution in [-0.4, -0.2) is 30.8 Å². The van der Waals surface area contributed by atoms with E-state index in [0.29, 0.717) is 13.1 Å². The molecule has 18 heavy (non-hydrogen) atoms. The number of hydrogen-bond donors (Lipinski definition) is 1. The fourth-order valence-corrected chi connectivity index (χ4v) is 3.19. The molecule has 0 aromatic carbocycles. The Morgan fingerprint density at radius 1 is 1.17 bits per heavy atom. The van der Waals surface area contributed by atoms with Crippen molar-refractivity contribution in [3.05, 3.63) is 24.1 Å². The van der Waals surface area contributed by atoms with Crippen molar-refractivity contribution in [3.63, 3.8) is 0 Å². The smallest absolute Gasteiger partial charge is 0.254 e. The Labute approximate surface area is 106 Å². The fourth-order valence-electron chi connectivity index (χ4n) is 1.94.